The van der Waals surface area contributed by atoms with Crippen molar-refractivity contribution in [3.63, 3.8) is 0 Å². The van der Waals surface area contributed by atoms with E-state index in [0.717, 1.165) is 78.3 Å². The number of nitrogens with zero attached hydrogens (tertiary/aromatic N) is 9. The number of methoxy groups -OCH3 is 2. The highest BCUT2D eigenvalue weighted by Crippen LogP contribution is 2.27. The molecule has 0 radical (unpaired) electrons. The van der Waals surface area contributed by atoms with Crippen LogP contribution >= 0.6 is 0 Å². The Morgan fingerprint density at radius 2 is 1.34 bits per heavy atom. The van der Waals surface area contributed by atoms with Crippen LogP contribution in [0, 0.1) is 5.41 Å². The summed E-state index contributed by atoms with van der Waals surface area (Å²) in [7, 11) is 3.34. The van der Waals surface area contributed by atoms with Crippen LogP contribution in [0.5, 0.6) is 11.5 Å². The summed E-state index contributed by atoms with van der Waals surface area (Å²) in [6.07, 6.45) is 12.9. The van der Waals surface area contributed by atoms with E-state index in [9.17, 15) is 0 Å². The lowest BCUT2D eigenvalue weighted by Gasteiger charge is -2.28. The average molecular weight is 777 g/mol. The van der Waals surface area contributed by atoms with Crippen molar-refractivity contribution in [2.24, 2.45) is 11.5 Å². The molecule has 0 saturated carbocycles. The fourth-order valence-electron chi connectivity index (χ4n) is 6.75. The van der Waals surface area contributed by atoms with Crippen molar-refractivity contribution >= 4 is 34.0 Å². The normalized spacial score (nSPS) is 12.9. The lowest BCUT2D eigenvalue weighted by Crippen LogP contribution is -3.00. The molecule has 0 aliphatic carbocycles. The minimum atomic E-state index is 0. The molecule has 56 heavy (non-hydrogen) atoms. The Morgan fingerprint density at radius 3 is 1.82 bits per heavy atom. The molecular weight excluding hydrogens is 732 g/mol. The van der Waals surface area contributed by atoms with Gasteiger partial charge in [0.1, 0.15) is 11.5 Å². The van der Waals surface area contributed by atoms with E-state index in [4.69, 9.17) is 31.8 Å². The zero-order chi connectivity index (χ0) is 38.3. The number of ether oxygens (including phenoxy) is 2. The molecule has 0 bridgehead atoms. The van der Waals surface area contributed by atoms with E-state index in [-0.39, 0.29) is 24.3 Å². The van der Waals surface area contributed by atoms with Gasteiger partial charge in [-0.3, -0.25) is 16.6 Å². The Labute approximate surface area is 329 Å². The van der Waals surface area contributed by atoms with Crippen LogP contribution in [0.2, 0.25) is 0 Å². The van der Waals surface area contributed by atoms with Crippen molar-refractivity contribution < 1.29 is 27.3 Å². The maximum absolute atomic E-state index is 7.61. The Hall–Kier alpha value is -6.52. The topological polar surface area (TPSA) is 214 Å². The number of pyridine rings is 2. The lowest BCUT2D eigenvalue weighted by molar-refractivity contribution is -0.120. The molecule has 2 aliphatic rings. The molecule has 0 spiro atoms. The Kier molecular flexibility index (Phi) is 12.4. The quantitative estimate of drug-likeness (QED) is 0.0987. The monoisotopic (exact) mass is 776 g/mol. The lowest BCUT2D eigenvalue weighted by atomic mass is 9.99. The second kappa shape index (κ2) is 17.7. The van der Waals surface area contributed by atoms with Crippen LogP contribution < -0.4 is 44.1 Å². The molecule has 7 aromatic rings. The van der Waals surface area contributed by atoms with Gasteiger partial charge >= 0.3 is 5.96 Å². The molecule has 8 N–H and O–H groups in total. The largest absolute Gasteiger partial charge is 1.00 e. The Morgan fingerprint density at radius 1 is 0.786 bits per heavy atom. The van der Waals surface area contributed by atoms with Gasteiger partial charge in [-0.1, -0.05) is 24.3 Å². The van der Waals surface area contributed by atoms with Gasteiger partial charge in [-0.15, -0.1) is 9.78 Å². The van der Waals surface area contributed by atoms with Gasteiger partial charge in [0.05, 0.1) is 52.1 Å². The van der Waals surface area contributed by atoms with Crippen LogP contribution in [0.25, 0.3) is 22.1 Å². The summed E-state index contributed by atoms with van der Waals surface area (Å²) in [5, 5.41) is 31.3. The third kappa shape index (κ3) is 8.72. The summed E-state index contributed by atoms with van der Waals surface area (Å²) < 4.78 is 15.7. The van der Waals surface area contributed by atoms with Gasteiger partial charge in [0, 0.05) is 42.8 Å². The predicted molar refractivity (Wildman–Crippen MR) is 209 cm³/mol. The summed E-state index contributed by atoms with van der Waals surface area (Å²) in [6, 6.07) is 17.8. The summed E-state index contributed by atoms with van der Waals surface area (Å²) in [5.41, 5.74) is 20.0. The second-order valence-electron chi connectivity index (χ2n) is 13.2. The van der Waals surface area contributed by atoms with Gasteiger partial charge in [-0.2, -0.15) is 10.2 Å². The van der Waals surface area contributed by atoms with E-state index in [0.29, 0.717) is 13.1 Å². The molecule has 2 aliphatic heterocycles. The SMILES string of the molecule is COc1ccc(Cn2ncc3c4c(cnc32)CN(C(=N)N)CC4)cc1.COc1ccc(Cn2ncc3c4c(cnc32)CNCC4)cc1.NC(=[NH2+])n1cccn1.[Cl-]. The summed E-state index contributed by atoms with van der Waals surface area (Å²) >= 11 is 0. The number of benzene rings is 2. The smallest absolute Gasteiger partial charge is 0.369 e. The molecule has 17 heteroatoms. The van der Waals surface area contributed by atoms with Crippen LogP contribution in [0.4, 0.5) is 0 Å². The zero-order valence-electron chi connectivity index (χ0n) is 31.3. The summed E-state index contributed by atoms with van der Waals surface area (Å²) in [4.78, 5) is 11.1. The van der Waals surface area contributed by atoms with Crippen molar-refractivity contribution in [1.82, 2.24) is 49.5 Å². The number of nitrogens with two attached hydrogens (primary N) is 3. The number of guanidine groups is 1. The molecule has 290 valence electrons. The molecule has 0 atom stereocenters. The van der Waals surface area contributed by atoms with Crippen LogP contribution in [-0.2, 0) is 39.0 Å². The van der Waals surface area contributed by atoms with Gasteiger partial charge in [-0.05, 0) is 83.1 Å². The molecule has 0 unspecified atom stereocenters. The van der Waals surface area contributed by atoms with Crippen molar-refractivity contribution in [1.29, 1.82) is 5.41 Å². The minimum Gasteiger partial charge on any atom is -1.00 e. The van der Waals surface area contributed by atoms with E-state index in [2.05, 4.69) is 42.7 Å². The molecule has 0 saturated heterocycles. The fraction of sp³-hybridized carbons (Fsp3) is 0.256. The third-order valence-electron chi connectivity index (χ3n) is 9.69. The number of hydrogen-bond acceptors (Lipinski definition) is 9. The fourth-order valence-corrected chi connectivity index (χ4v) is 6.75. The maximum atomic E-state index is 7.61. The number of nitrogens with one attached hydrogen (secondary N) is 2. The van der Waals surface area contributed by atoms with E-state index in [1.165, 1.54) is 32.3 Å². The van der Waals surface area contributed by atoms with Gasteiger partial charge in [0.25, 0.3) is 0 Å². The number of aromatic nitrogens is 8. The first-order valence-corrected chi connectivity index (χ1v) is 17.9. The van der Waals surface area contributed by atoms with Crippen molar-refractivity contribution in [3.05, 3.63) is 125 Å². The molecule has 0 amide bonds. The first-order valence-electron chi connectivity index (χ1n) is 17.9. The number of fused-ring (bicyclic) bond motifs is 6. The summed E-state index contributed by atoms with van der Waals surface area (Å²) in [6.45, 7) is 4.70. The molecule has 2 aromatic carbocycles. The first kappa shape index (κ1) is 39.2. The van der Waals surface area contributed by atoms with Gasteiger partial charge in [0.2, 0.25) is 0 Å². The highest BCUT2D eigenvalue weighted by molar-refractivity contribution is 5.82. The molecule has 0 fully saturated rings. The van der Waals surface area contributed by atoms with Crippen LogP contribution in [-0.4, -0.2) is 83.4 Å². The standard InChI is InChI=1S/C18H20N6O.C17H18N4O.C4H6N4.ClH/c1-25-14-4-2-12(3-5-14)10-24-17-16(9-22-24)15-6-7-23(18(19)20)11-13(15)8-21-17;1-22-14-4-2-12(3-5-14)11-21-17-16(10-20-21)15-6-7-18-8-13(15)9-19-17;5-4(6)8-3-1-2-7-8;/h2-5,8-9H,6-7,10-11H2,1H3,(H3,19,20);2-5,9-10,18H,6-8,11H2,1H3;1-3H,(H3,5,6);1H. The number of hydrogen-bond donors (Lipinski definition) is 5. The number of rotatable bonds is 6. The van der Waals surface area contributed by atoms with Gasteiger partial charge < -0.3 is 37.8 Å². The van der Waals surface area contributed by atoms with Crippen molar-refractivity contribution in [2.45, 2.75) is 39.0 Å². The molecule has 16 nitrogen and oxygen atoms in total. The van der Waals surface area contributed by atoms with E-state index in [1.807, 2.05) is 75.4 Å². The Bertz CT molecular complexity index is 2410. The van der Waals surface area contributed by atoms with E-state index < -0.39 is 0 Å². The summed E-state index contributed by atoms with van der Waals surface area (Å²) in [5.74, 6) is 2.01. The molecular formula is C39H45ClN14O2. The Balaban J connectivity index is 0.000000157. The van der Waals surface area contributed by atoms with Crippen LogP contribution in [0.3, 0.4) is 0 Å². The maximum Gasteiger partial charge on any atom is 0.369 e. The van der Waals surface area contributed by atoms with Gasteiger partial charge in [0.15, 0.2) is 17.3 Å². The molecule has 5 aromatic heterocycles. The third-order valence-corrected chi connectivity index (χ3v) is 9.69. The van der Waals surface area contributed by atoms with Gasteiger partial charge in [-0.25, -0.2) is 19.3 Å². The van der Waals surface area contributed by atoms with Crippen LogP contribution in [0.15, 0.2) is 91.8 Å². The molecule has 9 rings (SSSR count). The average Bonchev–Trinajstić information content (AvgIpc) is 4.00. The first-order chi connectivity index (χ1) is 26.8. The van der Waals surface area contributed by atoms with E-state index >= 15 is 0 Å². The van der Waals surface area contributed by atoms with Crippen molar-refractivity contribution in [3.8, 4) is 11.5 Å². The highest BCUT2D eigenvalue weighted by atomic mass is 35.5. The highest BCUT2D eigenvalue weighted by Gasteiger charge is 2.21. The second-order valence-corrected chi connectivity index (χ2v) is 13.2. The molecule has 7 heterocycles. The van der Waals surface area contributed by atoms with Crippen LogP contribution in [0.1, 0.15) is 33.4 Å². The zero-order valence-corrected chi connectivity index (χ0v) is 32.0. The predicted octanol–water partition coefficient (Wildman–Crippen LogP) is -1.32. The van der Waals surface area contributed by atoms with Crippen molar-refractivity contribution in [2.75, 3.05) is 27.3 Å². The number of halogens is 1. The van der Waals surface area contributed by atoms with E-state index in [1.54, 1.807) is 32.7 Å². The minimum absolute atomic E-state index is 0.